The van der Waals surface area contributed by atoms with E-state index in [9.17, 15) is 34.8 Å². The number of nitrogens with two attached hydrogens (primary N) is 1. The zero-order chi connectivity index (χ0) is 21.7. The number of fused-ring (bicyclic) bond motifs is 4. The summed E-state index contributed by atoms with van der Waals surface area (Å²) >= 11 is 0. The standard InChI is InChI=1S/C20H19N3O7/c1-19(29)6-3-2-4-8(24)10(6)14-12-13(19)15(26)7-5-9(25)11(18(21)28)17(27)20(7,30)16(12)23-22-14/h2-4,7,11,13,15,24,26,29-30H,5H2,1H3,(H2,21,28)(H,22,23)/t7?,11?,13?,15?,19-,20?/m1/s1. The molecule has 30 heavy (non-hydrogen) atoms. The fourth-order valence-corrected chi connectivity index (χ4v) is 5.53. The summed E-state index contributed by atoms with van der Waals surface area (Å²) < 4.78 is 0. The number of Topliss-reactive ketones (excluding diaryl/α,β-unsaturated/α-hetero) is 2. The van der Waals surface area contributed by atoms with Crippen LogP contribution in [0.3, 0.4) is 0 Å². The molecule has 1 heterocycles. The number of ketones is 2. The van der Waals surface area contributed by atoms with Crippen LogP contribution in [0, 0.1) is 11.8 Å². The summed E-state index contributed by atoms with van der Waals surface area (Å²) in [5, 5.41) is 51.3. The number of carbonyl (C=O) groups excluding carboxylic acids is 3. The van der Waals surface area contributed by atoms with E-state index in [4.69, 9.17) is 5.73 Å². The average molecular weight is 413 g/mol. The molecule has 0 spiro atoms. The number of aromatic hydroxyl groups is 1. The van der Waals surface area contributed by atoms with E-state index in [1.165, 1.54) is 19.1 Å². The lowest BCUT2D eigenvalue weighted by atomic mass is 9.54. The van der Waals surface area contributed by atoms with Gasteiger partial charge in [-0.2, -0.15) is 5.10 Å². The maximum absolute atomic E-state index is 13.1. The van der Waals surface area contributed by atoms with E-state index in [1.807, 2.05) is 0 Å². The highest BCUT2D eigenvalue weighted by atomic mass is 16.3. The van der Waals surface area contributed by atoms with Crippen molar-refractivity contribution in [1.82, 2.24) is 10.2 Å². The van der Waals surface area contributed by atoms with E-state index in [1.54, 1.807) is 6.07 Å². The second-order valence-corrected chi connectivity index (χ2v) is 8.42. The molecule has 3 aliphatic carbocycles. The first-order chi connectivity index (χ1) is 14.0. The van der Waals surface area contributed by atoms with Crippen molar-refractivity contribution in [3.8, 4) is 17.0 Å². The minimum atomic E-state index is -2.43. The Kier molecular flexibility index (Phi) is 3.49. The number of amides is 1. The van der Waals surface area contributed by atoms with Gasteiger partial charge in [-0.3, -0.25) is 19.5 Å². The van der Waals surface area contributed by atoms with Crippen molar-refractivity contribution in [2.24, 2.45) is 17.6 Å². The predicted octanol–water partition coefficient (Wildman–Crippen LogP) is -1.09. The number of hydrogen-bond donors (Lipinski definition) is 6. The smallest absolute Gasteiger partial charge is 0.235 e. The SMILES string of the molecule is C[C@@]1(O)c2cccc(O)c2-c2n[nH]c3c2C1C(O)C1CC(=O)C(C(N)=O)C(=O)C31O. The zero-order valence-corrected chi connectivity index (χ0v) is 15.8. The Labute approximate surface area is 169 Å². The number of nitrogens with zero attached hydrogens (tertiary/aromatic N) is 1. The molecule has 5 unspecified atom stereocenters. The largest absolute Gasteiger partial charge is 0.507 e. The lowest BCUT2D eigenvalue weighted by molar-refractivity contribution is -0.180. The summed E-state index contributed by atoms with van der Waals surface area (Å²) in [4.78, 5) is 37.3. The molecule has 1 aromatic carbocycles. The molecule has 0 aliphatic heterocycles. The highest BCUT2D eigenvalue weighted by Gasteiger charge is 2.67. The van der Waals surface area contributed by atoms with Gasteiger partial charge in [-0.15, -0.1) is 0 Å². The van der Waals surface area contributed by atoms with Crippen molar-refractivity contribution >= 4 is 17.5 Å². The maximum Gasteiger partial charge on any atom is 0.235 e. The number of benzene rings is 1. The molecular weight excluding hydrogens is 394 g/mol. The summed E-state index contributed by atoms with van der Waals surface area (Å²) in [7, 11) is 0. The van der Waals surface area contributed by atoms with Gasteiger partial charge in [0.25, 0.3) is 0 Å². The van der Waals surface area contributed by atoms with Gasteiger partial charge in [0.2, 0.25) is 5.91 Å². The molecule has 7 N–H and O–H groups in total. The van der Waals surface area contributed by atoms with Crippen molar-refractivity contribution < 1.29 is 34.8 Å². The van der Waals surface area contributed by atoms with E-state index in [2.05, 4.69) is 10.2 Å². The predicted molar refractivity (Wildman–Crippen MR) is 98.7 cm³/mol. The van der Waals surface area contributed by atoms with Crippen molar-refractivity contribution in [3.63, 3.8) is 0 Å². The number of aromatic amines is 1. The summed E-state index contributed by atoms with van der Waals surface area (Å²) in [6, 6.07) is 4.53. The van der Waals surface area contributed by atoms with Crippen LogP contribution in [0.2, 0.25) is 0 Å². The Morgan fingerprint density at radius 2 is 2.00 bits per heavy atom. The molecule has 1 amide bonds. The Hall–Kier alpha value is -3.08. The number of H-pyrrole nitrogens is 1. The van der Waals surface area contributed by atoms with Crippen LogP contribution in [0.4, 0.5) is 0 Å². The zero-order valence-electron chi connectivity index (χ0n) is 15.8. The highest BCUT2D eigenvalue weighted by Crippen LogP contribution is 2.61. The van der Waals surface area contributed by atoms with E-state index >= 15 is 0 Å². The highest BCUT2D eigenvalue weighted by molar-refractivity contribution is 6.22. The van der Waals surface area contributed by atoms with E-state index in [0.29, 0.717) is 5.56 Å². The van der Waals surface area contributed by atoms with Crippen molar-refractivity contribution in [3.05, 3.63) is 35.0 Å². The fraction of sp³-hybridized carbons (Fsp3) is 0.400. The van der Waals surface area contributed by atoms with Crippen molar-refractivity contribution in [2.45, 2.75) is 36.6 Å². The number of rotatable bonds is 1. The van der Waals surface area contributed by atoms with E-state index < -0.39 is 59.0 Å². The number of phenols is 1. The summed E-state index contributed by atoms with van der Waals surface area (Å²) in [5.41, 5.74) is 1.81. The van der Waals surface area contributed by atoms with Gasteiger partial charge in [0, 0.05) is 23.8 Å². The Bertz CT molecular complexity index is 1150. The third-order valence-corrected chi connectivity index (χ3v) is 6.88. The molecule has 6 atom stereocenters. The van der Waals surface area contributed by atoms with Crippen molar-refractivity contribution in [2.75, 3.05) is 0 Å². The quantitative estimate of drug-likeness (QED) is 0.318. The van der Waals surface area contributed by atoms with Gasteiger partial charge < -0.3 is 26.2 Å². The van der Waals surface area contributed by atoms with Gasteiger partial charge in [0.1, 0.15) is 11.4 Å². The molecule has 3 aliphatic rings. The van der Waals surface area contributed by atoms with Gasteiger partial charge in [-0.05, 0) is 18.6 Å². The third-order valence-electron chi connectivity index (χ3n) is 6.88. The third kappa shape index (κ3) is 1.93. The Balaban J connectivity index is 1.83. The summed E-state index contributed by atoms with van der Waals surface area (Å²) in [6.07, 6.45) is -2.00. The van der Waals surface area contributed by atoms with Crippen molar-refractivity contribution in [1.29, 1.82) is 0 Å². The maximum atomic E-state index is 13.1. The molecule has 0 bridgehead atoms. The van der Waals surface area contributed by atoms with Crippen LogP contribution in [0.25, 0.3) is 11.3 Å². The molecule has 156 valence electrons. The molecule has 5 rings (SSSR count). The van der Waals surface area contributed by atoms with Gasteiger partial charge in [0.15, 0.2) is 23.1 Å². The number of phenolic OH excluding ortho intramolecular Hbond substituents is 1. The number of aliphatic hydroxyl groups is 3. The first kappa shape index (κ1) is 18.9. The molecule has 0 radical (unpaired) electrons. The van der Waals surface area contributed by atoms with Gasteiger partial charge in [0.05, 0.1) is 23.0 Å². The molecule has 1 aromatic heterocycles. The van der Waals surface area contributed by atoms with Crippen LogP contribution in [0.5, 0.6) is 5.75 Å². The minimum absolute atomic E-state index is 0.115. The van der Waals surface area contributed by atoms with Crippen LogP contribution >= 0.6 is 0 Å². The number of primary amides is 1. The molecule has 2 aromatic rings. The van der Waals surface area contributed by atoms with Gasteiger partial charge in [-0.25, -0.2) is 0 Å². The summed E-state index contributed by atoms with van der Waals surface area (Å²) in [5.74, 6) is -7.50. The molecule has 10 nitrogen and oxygen atoms in total. The van der Waals surface area contributed by atoms with Crippen LogP contribution in [-0.4, -0.2) is 54.2 Å². The fourth-order valence-electron chi connectivity index (χ4n) is 5.53. The number of carbonyl (C=O) groups is 3. The first-order valence-electron chi connectivity index (χ1n) is 9.43. The normalized spacial score (nSPS) is 36.7. The minimum Gasteiger partial charge on any atom is -0.507 e. The second kappa shape index (κ2) is 5.54. The molecule has 1 fully saturated rings. The van der Waals surface area contributed by atoms with Crippen LogP contribution in [-0.2, 0) is 25.6 Å². The monoisotopic (exact) mass is 413 g/mol. The van der Waals surface area contributed by atoms with E-state index in [-0.39, 0.29) is 28.3 Å². The molecule has 10 heteroatoms. The lowest BCUT2D eigenvalue weighted by Gasteiger charge is -2.52. The number of hydrogen-bond acceptors (Lipinski definition) is 8. The molecule has 0 saturated heterocycles. The Morgan fingerprint density at radius 3 is 2.67 bits per heavy atom. The van der Waals surface area contributed by atoms with Gasteiger partial charge in [-0.1, -0.05) is 12.1 Å². The number of aromatic nitrogens is 2. The van der Waals surface area contributed by atoms with Crippen LogP contribution in [0.15, 0.2) is 18.2 Å². The molecule has 1 saturated carbocycles. The summed E-state index contributed by atoms with van der Waals surface area (Å²) in [6.45, 7) is 1.45. The lowest BCUT2D eigenvalue weighted by Crippen LogP contribution is -2.64. The number of aliphatic hydroxyl groups excluding tert-OH is 1. The van der Waals surface area contributed by atoms with Crippen LogP contribution in [0.1, 0.15) is 36.1 Å². The first-order valence-corrected chi connectivity index (χ1v) is 9.43. The average Bonchev–Trinajstić information content (AvgIpc) is 3.08. The van der Waals surface area contributed by atoms with Crippen LogP contribution < -0.4 is 5.73 Å². The second-order valence-electron chi connectivity index (χ2n) is 8.42. The van der Waals surface area contributed by atoms with E-state index in [0.717, 1.165) is 0 Å². The topological polar surface area (TPSA) is 187 Å². The van der Waals surface area contributed by atoms with Gasteiger partial charge >= 0.3 is 0 Å². The number of nitrogens with one attached hydrogen (secondary N) is 1. The molecular formula is C20H19N3O7. The Morgan fingerprint density at radius 1 is 1.30 bits per heavy atom.